The number of nitrogens with one attached hydrogen (secondary N) is 3. The number of carbonyl (C=O) groups excluding carboxylic acids is 4. The summed E-state index contributed by atoms with van der Waals surface area (Å²) in [6, 6.07) is 3.85. The highest BCUT2D eigenvalue weighted by Crippen LogP contribution is 2.47. The fraction of sp³-hybridized carbons (Fsp3) is 0.650. The lowest BCUT2D eigenvalue weighted by molar-refractivity contribution is -0.143. The molecule has 17 heteroatoms. The first-order valence-electron chi connectivity index (χ1n) is 19.9. The molecule has 3 N–H and O–H groups in total. The molecule has 57 heavy (non-hydrogen) atoms. The number of carbonyl (C=O) groups is 4. The molecular formula is C40H54F2N6O8S. The van der Waals surface area contributed by atoms with E-state index in [0.29, 0.717) is 25.3 Å². The Morgan fingerprint density at radius 2 is 1.72 bits per heavy atom. The second kappa shape index (κ2) is 15.7. The molecule has 0 spiro atoms. The van der Waals surface area contributed by atoms with Crippen LogP contribution in [0.15, 0.2) is 36.9 Å². The van der Waals surface area contributed by atoms with Crippen molar-refractivity contribution in [3.05, 3.63) is 42.6 Å². The molecule has 4 fully saturated rings. The maximum absolute atomic E-state index is 15.4. The van der Waals surface area contributed by atoms with Crippen LogP contribution in [0.4, 0.5) is 13.6 Å². The molecule has 4 aliphatic rings. The van der Waals surface area contributed by atoms with Gasteiger partial charge in [-0.25, -0.2) is 23.2 Å². The number of aromatic nitrogens is 2. The minimum absolute atomic E-state index is 0.170. The number of ether oxygens (including phenoxy) is 2. The van der Waals surface area contributed by atoms with Crippen LogP contribution in [0.1, 0.15) is 98.6 Å². The summed E-state index contributed by atoms with van der Waals surface area (Å²) in [4.78, 5) is 66.3. The summed E-state index contributed by atoms with van der Waals surface area (Å²) in [5, 5.41) is 4.88. The number of allylic oxidation sites excluding steroid dienone is 1. The zero-order valence-electron chi connectivity index (χ0n) is 33.3. The van der Waals surface area contributed by atoms with Gasteiger partial charge in [-0.2, -0.15) is 8.78 Å². The number of fused-ring (bicyclic) bond motifs is 1. The first kappa shape index (κ1) is 42.2. The topological polar surface area (TPSA) is 186 Å². The Bertz CT molecular complexity index is 2020. The molecule has 14 nitrogen and oxygen atoms in total. The molecule has 1 aromatic heterocycles. The summed E-state index contributed by atoms with van der Waals surface area (Å²) < 4.78 is 70.6. The molecule has 0 radical (unpaired) electrons. The summed E-state index contributed by atoms with van der Waals surface area (Å²) in [5.41, 5.74) is -2.81. The fourth-order valence-corrected chi connectivity index (χ4v) is 9.37. The predicted octanol–water partition coefficient (Wildman–Crippen LogP) is 5.11. The molecule has 1 saturated heterocycles. The number of likely N-dealkylation sites (tertiary alicyclic amines) is 1. The summed E-state index contributed by atoms with van der Waals surface area (Å²) in [7, 11) is -3.95. The van der Waals surface area contributed by atoms with Gasteiger partial charge in [-0.1, -0.05) is 73.1 Å². The van der Waals surface area contributed by atoms with Gasteiger partial charge in [-0.15, -0.1) is 0 Å². The second-order valence-electron chi connectivity index (χ2n) is 17.0. The van der Waals surface area contributed by atoms with Crippen LogP contribution in [-0.4, -0.2) is 88.7 Å². The van der Waals surface area contributed by atoms with Crippen molar-refractivity contribution in [2.45, 2.75) is 134 Å². The molecule has 1 aromatic carbocycles. The van der Waals surface area contributed by atoms with Crippen molar-refractivity contribution in [2.24, 2.45) is 23.2 Å². The number of nitrogens with zero attached hydrogens (tertiary/aromatic N) is 3. The van der Waals surface area contributed by atoms with Gasteiger partial charge in [0, 0.05) is 5.92 Å². The summed E-state index contributed by atoms with van der Waals surface area (Å²) in [6.07, 6.45) is 2.51. The van der Waals surface area contributed by atoms with Crippen LogP contribution in [0, 0.1) is 23.2 Å². The van der Waals surface area contributed by atoms with E-state index < -0.39 is 91.6 Å². The quantitative estimate of drug-likeness (QED) is 0.192. The zero-order chi connectivity index (χ0) is 41.7. The van der Waals surface area contributed by atoms with Crippen LogP contribution in [0.5, 0.6) is 5.88 Å². The van der Waals surface area contributed by atoms with Crippen LogP contribution < -0.4 is 20.1 Å². The Hall–Kier alpha value is -4.41. The molecular weight excluding hydrogens is 763 g/mol. The highest BCUT2D eigenvalue weighted by Gasteiger charge is 2.63. The van der Waals surface area contributed by atoms with Crippen molar-refractivity contribution in [3.63, 3.8) is 0 Å². The largest absolute Gasteiger partial charge is 0.471 e. The average Bonchev–Trinajstić information content (AvgIpc) is 4.08. The van der Waals surface area contributed by atoms with E-state index in [1.54, 1.807) is 45.9 Å². The molecule has 312 valence electrons. The lowest BCUT2D eigenvalue weighted by Crippen LogP contribution is -2.61. The summed E-state index contributed by atoms with van der Waals surface area (Å²) in [5.74, 6) is -7.44. The number of rotatable bonds is 16. The number of benzene rings is 1. The minimum atomic E-state index is -3.95. The Morgan fingerprint density at radius 3 is 2.28 bits per heavy atom. The summed E-state index contributed by atoms with van der Waals surface area (Å²) in [6.45, 7) is 13.8. The normalized spacial score (nSPS) is 27.6. The number of halogens is 2. The van der Waals surface area contributed by atoms with E-state index in [2.05, 4.69) is 31.9 Å². The Labute approximate surface area is 332 Å². The smallest absolute Gasteiger partial charge is 0.408 e. The average molecular weight is 817 g/mol. The maximum Gasteiger partial charge on any atom is 0.408 e. The number of sulfonamides is 1. The second-order valence-corrected chi connectivity index (χ2v) is 18.9. The van der Waals surface area contributed by atoms with Crippen molar-refractivity contribution in [3.8, 4) is 5.88 Å². The molecule has 0 unspecified atom stereocenters. The molecule has 2 heterocycles. The number of alkyl carbamates (subject to hydrolysis) is 1. The predicted molar refractivity (Wildman–Crippen MR) is 206 cm³/mol. The Morgan fingerprint density at radius 1 is 1.05 bits per heavy atom. The minimum Gasteiger partial charge on any atom is -0.471 e. The Kier molecular flexibility index (Phi) is 11.7. The van der Waals surface area contributed by atoms with E-state index in [0.717, 1.165) is 19.3 Å². The first-order valence-corrected chi connectivity index (χ1v) is 21.5. The van der Waals surface area contributed by atoms with Crippen LogP contribution >= 0.6 is 0 Å². The third-order valence-electron chi connectivity index (χ3n) is 11.7. The van der Waals surface area contributed by atoms with Crippen LogP contribution in [0.2, 0.25) is 0 Å². The molecule has 8 atom stereocenters. The van der Waals surface area contributed by atoms with Crippen molar-refractivity contribution >= 4 is 44.9 Å². The molecule has 2 aromatic rings. The van der Waals surface area contributed by atoms with E-state index in [1.165, 1.54) is 11.0 Å². The summed E-state index contributed by atoms with van der Waals surface area (Å²) >= 11 is 0. The highest BCUT2D eigenvalue weighted by atomic mass is 32.2. The van der Waals surface area contributed by atoms with Gasteiger partial charge >= 0.3 is 12.0 Å². The first-order chi connectivity index (χ1) is 26.8. The van der Waals surface area contributed by atoms with Crippen molar-refractivity contribution in [2.75, 3.05) is 6.54 Å². The number of hydrogen-bond acceptors (Lipinski definition) is 10. The van der Waals surface area contributed by atoms with Crippen molar-refractivity contribution < 1.29 is 45.9 Å². The molecule has 3 aliphatic carbocycles. The molecule has 6 rings (SSSR count). The number of hydrogen-bond donors (Lipinski definition) is 3. The van der Waals surface area contributed by atoms with E-state index in [4.69, 9.17) is 9.47 Å². The van der Waals surface area contributed by atoms with E-state index >= 15 is 8.78 Å². The number of alkyl halides is 2. The fourth-order valence-electron chi connectivity index (χ4n) is 8.00. The SMILES string of the molecule is C=CC(F)(F)c1nc2ccccc2nc1O[C@H]1CN(C(=O)[C@@H](NC(=O)O[C@@H]2C[C@H]2CCC)C(C)(C)C)[C@H](C(=O)N[C@]2(C(=O)NS(=O)(=O)C3CC3)C[C@H]2CC)[C@@H]1CC. The van der Waals surface area contributed by atoms with Gasteiger partial charge in [0.2, 0.25) is 27.7 Å². The molecule has 4 amide bonds. The van der Waals surface area contributed by atoms with Crippen LogP contribution in [0.3, 0.4) is 0 Å². The van der Waals surface area contributed by atoms with Crippen LogP contribution in [0.25, 0.3) is 11.0 Å². The van der Waals surface area contributed by atoms with Gasteiger partial charge < -0.3 is 25.0 Å². The standard InChI is InChI=1S/C40H54F2N6O8S/c1-8-14-22-19-28(22)56-37(52)45-32(38(5,6)7)35(50)48-21-29(55-34-31(40(41,42)11-4)43-26-15-12-13-16-27(26)44-34)25(10-3)30(48)33(49)46-39(20-23(39)9-2)36(51)47-57(53,54)24-17-18-24/h11-13,15-16,22-25,28-30,32H,4,8-10,14,17-21H2,1-3,5-7H3,(H,45,52)(H,46,49)(H,47,51)/t22-,23-,25-,28-,29+,30+,32-,39-/m1/s1. The van der Waals surface area contributed by atoms with E-state index in [-0.39, 0.29) is 48.4 Å². The van der Waals surface area contributed by atoms with Crippen molar-refractivity contribution in [1.29, 1.82) is 0 Å². The molecule has 0 bridgehead atoms. The molecule has 3 saturated carbocycles. The number of para-hydroxylation sites is 2. The highest BCUT2D eigenvalue weighted by molar-refractivity contribution is 7.91. The monoisotopic (exact) mass is 816 g/mol. The van der Waals surface area contributed by atoms with Crippen LogP contribution in [-0.2, 0) is 35.1 Å². The maximum atomic E-state index is 15.4. The lowest BCUT2D eigenvalue weighted by atomic mass is 9.85. The third-order valence-corrected chi connectivity index (χ3v) is 13.5. The van der Waals surface area contributed by atoms with Gasteiger partial charge in [0.1, 0.15) is 29.8 Å². The van der Waals surface area contributed by atoms with Gasteiger partial charge in [0.25, 0.3) is 5.91 Å². The van der Waals surface area contributed by atoms with Crippen molar-refractivity contribution in [1.82, 2.24) is 30.2 Å². The number of amides is 4. The van der Waals surface area contributed by atoms with Gasteiger partial charge in [0.05, 0.1) is 22.8 Å². The lowest BCUT2D eigenvalue weighted by Gasteiger charge is -2.36. The zero-order valence-corrected chi connectivity index (χ0v) is 34.2. The van der Waals surface area contributed by atoms with Gasteiger partial charge in [-0.05, 0) is 74.0 Å². The van der Waals surface area contributed by atoms with Gasteiger partial charge in [-0.3, -0.25) is 19.1 Å². The Balaban J connectivity index is 1.35. The molecule has 1 aliphatic heterocycles. The van der Waals surface area contributed by atoms with E-state index in [9.17, 15) is 27.6 Å². The van der Waals surface area contributed by atoms with Gasteiger partial charge in [0.15, 0.2) is 5.69 Å². The van der Waals surface area contributed by atoms with E-state index in [1.807, 2.05) is 13.8 Å². The third kappa shape index (κ3) is 8.72.